The van der Waals surface area contributed by atoms with Crippen molar-refractivity contribution in [2.24, 2.45) is 16.7 Å². The molecule has 0 atom stereocenters. The van der Waals surface area contributed by atoms with E-state index >= 15 is 0 Å². The molecule has 0 aromatic carbocycles. The van der Waals surface area contributed by atoms with E-state index in [9.17, 15) is 18.0 Å². The first-order chi connectivity index (χ1) is 16.2. The normalized spacial score (nSPS) is 25.7. The predicted molar refractivity (Wildman–Crippen MR) is 116 cm³/mol. The van der Waals surface area contributed by atoms with Gasteiger partial charge < -0.3 is 9.80 Å². The van der Waals surface area contributed by atoms with Crippen molar-refractivity contribution in [2.75, 3.05) is 26.2 Å². The molecule has 3 saturated carbocycles. The minimum absolute atomic E-state index is 0.155. The van der Waals surface area contributed by atoms with Crippen LogP contribution < -0.4 is 0 Å². The maximum Gasteiger partial charge on any atom is 0.435 e. The smallest absolute Gasteiger partial charge is 0.323 e. The number of hydrogen-bond donors (Lipinski definition) is 2. The Bertz CT molecular complexity index is 1110. The number of aromatic nitrogens is 4. The van der Waals surface area contributed by atoms with Crippen LogP contribution in [0.3, 0.4) is 0 Å². The molecule has 2 amide bonds. The molecule has 4 heterocycles. The number of nitrogens with one attached hydrogen (secondary N) is 2. The third-order valence-corrected chi connectivity index (χ3v) is 8.93. The molecule has 7 rings (SSSR count). The summed E-state index contributed by atoms with van der Waals surface area (Å²) in [4.78, 5) is 16.8. The van der Waals surface area contributed by atoms with Crippen LogP contribution in [0.2, 0.25) is 0 Å². The first kappa shape index (κ1) is 20.8. The van der Waals surface area contributed by atoms with Gasteiger partial charge in [0.05, 0.1) is 5.69 Å². The Morgan fingerprint density at radius 1 is 0.941 bits per heavy atom. The third-order valence-electron chi connectivity index (χ3n) is 8.93. The fourth-order valence-corrected chi connectivity index (χ4v) is 7.11. The molecule has 2 N–H and O–H groups in total. The molecule has 0 unspecified atom stereocenters. The van der Waals surface area contributed by atoms with Crippen molar-refractivity contribution in [3.05, 3.63) is 34.9 Å². The molecule has 0 radical (unpaired) electrons. The monoisotopic (exact) mass is 474 g/mol. The second kappa shape index (κ2) is 6.79. The van der Waals surface area contributed by atoms with Crippen LogP contribution in [0, 0.1) is 16.7 Å². The quantitative estimate of drug-likeness (QED) is 0.694. The molecule has 2 aromatic heterocycles. The number of aromatic amines is 2. The van der Waals surface area contributed by atoms with E-state index in [1.54, 1.807) is 0 Å². The Balaban J connectivity index is 0.844. The van der Waals surface area contributed by atoms with Gasteiger partial charge in [0.1, 0.15) is 0 Å². The zero-order valence-electron chi connectivity index (χ0n) is 19.0. The van der Waals surface area contributed by atoms with Gasteiger partial charge in [-0.2, -0.15) is 23.4 Å². The fourth-order valence-electron chi connectivity index (χ4n) is 7.11. The SMILES string of the molecule is O=C(N1CC2(CC(Cc3cc(C(F)(F)F)n[nH]3)C2)C1)N1CC2(CC(c3cc(C4CC4)[nH]n3)C2)C1. The Morgan fingerprint density at radius 2 is 1.59 bits per heavy atom. The first-order valence-electron chi connectivity index (χ1n) is 12.4. The summed E-state index contributed by atoms with van der Waals surface area (Å²) in [5, 5.41) is 13.7. The number of carbonyl (C=O) groups is 1. The van der Waals surface area contributed by atoms with Crippen LogP contribution in [-0.2, 0) is 12.6 Å². The Labute approximate surface area is 195 Å². The molecule has 2 aromatic rings. The predicted octanol–water partition coefficient (Wildman–Crippen LogP) is 4.28. The van der Waals surface area contributed by atoms with Gasteiger partial charge in [-0.25, -0.2) is 4.79 Å². The molecule has 3 aliphatic carbocycles. The molecule has 5 fully saturated rings. The highest BCUT2D eigenvalue weighted by atomic mass is 19.4. The van der Waals surface area contributed by atoms with Crippen molar-refractivity contribution in [2.45, 2.75) is 63.0 Å². The summed E-state index contributed by atoms with van der Waals surface area (Å²) < 4.78 is 38.1. The maximum absolute atomic E-state index is 12.9. The number of hydrogen-bond acceptors (Lipinski definition) is 3. The lowest BCUT2D eigenvalue weighted by molar-refractivity contribution is -0.141. The molecule has 5 aliphatic rings. The van der Waals surface area contributed by atoms with Crippen molar-refractivity contribution >= 4 is 6.03 Å². The Morgan fingerprint density at radius 3 is 2.18 bits per heavy atom. The van der Waals surface area contributed by atoms with E-state index in [-0.39, 0.29) is 11.4 Å². The molecule has 2 aliphatic heterocycles. The van der Waals surface area contributed by atoms with Gasteiger partial charge in [0.2, 0.25) is 0 Å². The van der Waals surface area contributed by atoms with E-state index in [0.29, 0.717) is 35.3 Å². The standard InChI is InChI=1S/C24H29F3N6O/c25-24(26,27)20-4-17(28-31-20)3-14-6-22(7-14)10-32(11-22)21(34)33-12-23(13-33)8-16(9-23)19-5-18(29-30-19)15-1-2-15/h4-5,14-16H,1-3,6-13H2,(H,28,31)(H,29,30). The van der Waals surface area contributed by atoms with E-state index in [0.717, 1.165) is 57.9 Å². The van der Waals surface area contributed by atoms with Crippen LogP contribution in [0.25, 0.3) is 0 Å². The van der Waals surface area contributed by atoms with Gasteiger partial charge in [0, 0.05) is 60.2 Å². The molecule has 7 nitrogen and oxygen atoms in total. The number of likely N-dealkylation sites (tertiary alicyclic amines) is 2. The van der Waals surface area contributed by atoms with Gasteiger partial charge in [0.25, 0.3) is 0 Å². The topological polar surface area (TPSA) is 80.9 Å². The van der Waals surface area contributed by atoms with Crippen LogP contribution in [0.15, 0.2) is 12.1 Å². The molecule has 182 valence electrons. The van der Waals surface area contributed by atoms with Crippen molar-refractivity contribution < 1.29 is 18.0 Å². The van der Waals surface area contributed by atoms with E-state index in [1.165, 1.54) is 24.2 Å². The number of amides is 2. The van der Waals surface area contributed by atoms with Crippen molar-refractivity contribution in [1.82, 2.24) is 30.2 Å². The second-order valence-electron chi connectivity index (χ2n) is 11.9. The van der Waals surface area contributed by atoms with Gasteiger partial charge >= 0.3 is 12.2 Å². The van der Waals surface area contributed by atoms with Gasteiger partial charge in [-0.15, -0.1) is 0 Å². The highest BCUT2D eigenvalue weighted by Crippen LogP contribution is 2.57. The summed E-state index contributed by atoms with van der Waals surface area (Å²) in [6.45, 7) is 3.27. The van der Waals surface area contributed by atoms with Gasteiger partial charge in [-0.3, -0.25) is 10.2 Å². The number of nitrogens with zero attached hydrogens (tertiary/aromatic N) is 4. The number of halogens is 3. The van der Waals surface area contributed by atoms with Crippen molar-refractivity contribution in [1.29, 1.82) is 0 Å². The zero-order valence-corrected chi connectivity index (χ0v) is 19.0. The average molecular weight is 475 g/mol. The minimum atomic E-state index is -4.40. The van der Waals surface area contributed by atoms with Gasteiger partial charge in [0.15, 0.2) is 5.69 Å². The lowest BCUT2D eigenvalue weighted by atomic mass is 9.56. The van der Waals surface area contributed by atoms with E-state index in [2.05, 4.69) is 26.5 Å². The number of alkyl halides is 3. The minimum Gasteiger partial charge on any atom is -0.323 e. The van der Waals surface area contributed by atoms with Gasteiger partial charge in [-0.05, 0) is 63.0 Å². The average Bonchev–Trinajstić information content (AvgIpc) is 3.19. The van der Waals surface area contributed by atoms with E-state index < -0.39 is 11.9 Å². The van der Waals surface area contributed by atoms with Crippen LogP contribution in [0.1, 0.15) is 73.1 Å². The maximum atomic E-state index is 12.9. The number of urea groups is 1. The summed E-state index contributed by atoms with van der Waals surface area (Å²) >= 11 is 0. The number of carbonyl (C=O) groups excluding carboxylic acids is 1. The van der Waals surface area contributed by atoms with Crippen LogP contribution in [-0.4, -0.2) is 62.4 Å². The summed E-state index contributed by atoms with van der Waals surface area (Å²) in [6, 6.07) is 3.52. The van der Waals surface area contributed by atoms with Crippen molar-refractivity contribution in [3.8, 4) is 0 Å². The largest absolute Gasteiger partial charge is 0.435 e. The molecule has 2 saturated heterocycles. The zero-order chi connectivity index (χ0) is 23.3. The number of rotatable bonds is 4. The molecule has 0 bridgehead atoms. The Hall–Kier alpha value is -2.52. The summed E-state index contributed by atoms with van der Waals surface area (Å²) in [6.07, 6.45) is 2.93. The van der Waals surface area contributed by atoms with Crippen LogP contribution >= 0.6 is 0 Å². The summed E-state index contributed by atoms with van der Waals surface area (Å²) in [5.41, 5.74) is 2.66. The second-order valence-corrected chi connectivity index (χ2v) is 11.9. The fraction of sp³-hybridized carbons (Fsp3) is 0.708. The number of H-pyrrole nitrogens is 2. The highest BCUT2D eigenvalue weighted by Gasteiger charge is 2.58. The molecular formula is C24H29F3N6O. The van der Waals surface area contributed by atoms with E-state index in [1.807, 2.05) is 9.80 Å². The van der Waals surface area contributed by atoms with E-state index in [4.69, 9.17) is 0 Å². The molecule has 10 heteroatoms. The summed E-state index contributed by atoms with van der Waals surface area (Å²) in [7, 11) is 0. The van der Waals surface area contributed by atoms with Crippen LogP contribution in [0.4, 0.5) is 18.0 Å². The lowest BCUT2D eigenvalue weighted by Crippen LogP contribution is -2.70. The van der Waals surface area contributed by atoms with Crippen molar-refractivity contribution in [3.63, 3.8) is 0 Å². The van der Waals surface area contributed by atoms with Crippen LogP contribution in [0.5, 0.6) is 0 Å². The first-order valence-corrected chi connectivity index (χ1v) is 12.4. The lowest BCUT2D eigenvalue weighted by Gasteiger charge is -2.63. The molecule has 34 heavy (non-hydrogen) atoms. The molecular weight excluding hydrogens is 445 g/mol. The highest BCUT2D eigenvalue weighted by molar-refractivity contribution is 5.77. The van der Waals surface area contributed by atoms with Gasteiger partial charge in [-0.1, -0.05) is 0 Å². The third kappa shape index (κ3) is 3.35. The Kier molecular flexibility index (Phi) is 4.16. The summed E-state index contributed by atoms with van der Waals surface area (Å²) in [5.74, 6) is 1.59. The molecule has 2 spiro atoms.